The molecule has 0 radical (unpaired) electrons. The number of fused-ring (bicyclic) bond motifs is 2. The molecule has 1 atom stereocenters. The van der Waals surface area contributed by atoms with Gasteiger partial charge >= 0.3 is 0 Å². The smallest absolute Gasteiger partial charge is 0.220 e. The summed E-state index contributed by atoms with van der Waals surface area (Å²) in [5.41, 5.74) is 4.85. The summed E-state index contributed by atoms with van der Waals surface area (Å²) < 4.78 is 0. The van der Waals surface area contributed by atoms with Crippen molar-refractivity contribution in [3.8, 4) is 0 Å². The van der Waals surface area contributed by atoms with Gasteiger partial charge in [0.25, 0.3) is 0 Å². The first kappa shape index (κ1) is 19.6. The number of nitrogens with zero attached hydrogens (tertiary/aromatic N) is 2. The highest BCUT2D eigenvalue weighted by atomic mass is 16.1. The van der Waals surface area contributed by atoms with Crippen LogP contribution in [0.4, 0.5) is 0 Å². The van der Waals surface area contributed by atoms with Crippen LogP contribution >= 0.6 is 0 Å². The van der Waals surface area contributed by atoms with Gasteiger partial charge in [0.1, 0.15) is 5.82 Å². The van der Waals surface area contributed by atoms with Crippen LogP contribution in [0.3, 0.4) is 0 Å². The van der Waals surface area contributed by atoms with E-state index in [1.807, 2.05) is 24.3 Å². The van der Waals surface area contributed by atoms with Gasteiger partial charge in [0.15, 0.2) is 0 Å². The summed E-state index contributed by atoms with van der Waals surface area (Å²) in [6.45, 7) is 7.19. The van der Waals surface area contributed by atoms with Crippen LogP contribution in [0, 0.1) is 5.92 Å². The van der Waals surface area contributed by atoms with Crippen LogP contribution in [0.2, 0.25) is 0 Å². The number of aromatic nitrogens is 2. The minimum Gasteiger partial charge on any atom is -0.355 e. The maximum Gasteiger partial charge on any atom is 0.220 e. The lowest BCUT2D eigenvalue weighted by atomic mass is 9.95. The molecule has 1 aliphatic rings. The Labute approximate surface area is 172 Å². The van der Waals surface area contributed by atoms with E-state index in [0.29, 0.717) is 31.3 Å². The third-order valence-electron chi connectivity index (χ3n) is 5.93. The van der Waals surface area contributed by atoms with Crippen molar-refractivity contribution in [3.05, 3.63) is 65.5 Å². The number of H-pyrrole nitrogens is 1. The van der Waals surface area contributed by atoms with E-state index in [9.17, 15) is 4.79 Å². The third kappa shape index (κ3) is 4.67. The molecule has 0 bridgehead atoms. The molecule has 4 rings (SSSR count). The molecule has 1 aromatic heterocycles. The number of imidazole rings is 1. The van der Waals surface area contributed by atoms with Crippen molar-refractivity contribution in [2.24, 2.45) is 5.92 Å². The molecular weight excluding hydrogens is 360 g/mol. The minimum absolute atomic E-state index is 0.0912. The van der Waals surface area contributed by atoms with E-state index in [-0.39, 0.29) is 5.91 Å². The summed E-state index contributed by atoms with van der Waals surface area (Å²) >= 11 is 0. The van der Waals surface area contributed by atoms with Gasteiger partial charge in [0.2, 0.25) is 5.91 Å². The van der Waals surface area contributed by atoms with E-state index in [1.54, 1.807) is 0 Å². The molecule has 2 N–H and O–H groups in total. The fourth-order valence-electron chi connectivity index (χ4n) is 4.25. The Morgan fingerprint density at radius 2 is 1.90 bits per heavy atom. The zero-order chi connectivity index (χ0) is 20.2. The second kappa shape index (κ2) is 8.78. The van der Waals surface area contributed by atoms with E-state index in [0.717, 1.165) is 36.4 Å². The van der Waals surface area contributed by atoms with E-state index in [1.165, 1.54) is 11.1 Å². The van der Waals surface area contributed by atoms with Gasteiger partial charge in [-0.15, -0.1) is 0 Å². The molecule has 0 saturated carbocycles. The topological polar surface area (TPSA) is 61.0 Å². The molecule has 5 nitrogen and oxygen atoms in total. The van der Waals surface area contributed by atoms with Gasteiger partial charge in [-0.25, -0.2) is 4.98 Å². The Kier molecular flexibility index (Phi) is 5.95. The first-order chi connectivity index (χ1) is 14.1. The number of nitrogens with one attached hydrogen (secondary N) is 2. The molecule has 1 unspecified atom stereocenters. The summed E-state index contributed by atoms with van der Waals surface area (Å²) in [7, 11) is 0. The zero-order valence-corrected chi connectivity index (χ0v) is 17.3. The summed E-state index contributed by atoms with van der Waals surface area (Å²) in [5, 5.41) is 3.17. The maximum absolute atomic E-state index is 12.5. The highest BCUT2D eigenvalue weighted by molar-refractivity contribution is 5.77. The lowest BCUT2D eigenvalue weighted by Gasteiger charge is -2.38. The van der Waals surface area contributed by atoms with Gasteiger partial charge in [-0.1, -0.05) is 50.2 Å². The second-order valence-corrected chi connectivity index (χ2v) is 8.31. The van der Waals surface area contributed by atoms with Crippen LogP contribution in [0.5, 0.6) is 0 Å². The molecule has 0 saturated heterocycles. The summed E-state index contributed by atoms with van der Waals surface area (Å²) in [5.74, 6) is 1.44. The van der Waals surface area contributed by atoms with Gasteiger partial charge in [0.05, 0.1) is 11.0 Å². The number of para-hydroxylation sites is 2. The average molecular weight is 391 g/mol. The van der Waals surface area contributed by atoms with Gasteiger partial charge in [-0.2, -0.15) is 0 Å². The average Bonchev–Trinajstić information content (AvgIpc) is 3.15. The van der Waals surface area contributed by atoms with Crippen LogP contribution in [0.15, 0.2) is 48.5 Å². The highest BCUT2D eigenvalue weighted by Crippen LogP contribution is 2.22. The van der Waals surface area contributed by atoms with Crippen molar-refractivity contribution in [1.82, 2.24) is 20.2 Å². The Bertz CT molecular complexity index is 945. The number of benzene rings is 2. The molecule has 0 spiro atoms. The Morgan fingerprint density at radius 3 is 2.69 bits per heavy atom. The van der Waals surface area contributed by atoms with Gasteiger partial charge in [-0.3, -0.25) is 9.69 Å². The van der Waals surface area contributed by atoms with Crippen LogP contribution in [-0.2, 0) is 24.2 Å². The van der Waals surface area contributed by atoms with Gasteiger partial charge in [-0.05, 0) is 35.6 Å². The molecule has 152 valence electrons. The standard InChI is InChI=1S/C24H30N4O/c1-17(2)22(28-14-13-18-7-3-4-8-19(18)16-28)15-25-24(29)12-11-23-26-20-9-5-6-10-21(20)27-23/h3-10,17,22H,11-16H2,1-2H3,(H,25,29)(H,26,27). The Balaban J connectivity index is 1.30. The van der Waals surface area contributed by atoms with Gasteiger partial charge in [0, 0.05) is 38.5 Å². The van der Waals surface area contributed by atoms with Crippen molar-refractivity contribution in [2.75, 3.05) is 13.1 Å². The summed E-state index contributed by atoms with van der Waals surface area (Å²) in [4.78, 5) is 22.8. The Hall–Kier alpha value is -2.66. The predicted octanol–water partition coefficient (Wildman–Crippen LogP) is 3.69. The van der Waals surface area contributed by atoms with E-state index < -0.39 is 0 Å². The molecule has 1 amide bonds. The number of hydrogen-bond acceptors (Lipinski definition) is 3. The molecule has 2 aromatic carbocycles. The fraction of sp³-hybridized carbons (Fsp3) is 0.417. The fourth-order valence-corrected chi connectivity index (χ4v) is 4.25. The zero-order valence-electron chi connectivity index (χ0n) is 17.3. The van der Waals surface area contributed by atoms with Crippen molar-refractivity contribution in [1.29, 1.82) is 0 Å². The number of amides is 1. The maximum atomic E-state index is 12.5. The monoisotopic (exact) mass is 390 g/mol. The van der Waals surface area contributed by atoms with E-state index in [2.05, 4.69) is 58.3 Å². The third-order valence-corrected chi connectivity index (χ3v) is 5.93. The van der Waals surface area contributed by atoms with Crippen molar-refractivity contribution in [2.45, 2.75) is 45.7 Å². The molecule has 5 heteroatoms. The summed E-state index contributed by atoms with van der Waals surface area (Å²) in [6.07, 6.45) is 2.16. The van der Waals surface area contributed by atoms with Crippen molar-refractivity contribution >= 4 is 16.9 Å². The SMILES string of the molecule is CC(C)C(CNC(=O)CCc1nc2ccccc2[nH]1)N1CCc2ccccc2C1. The highest BCUT2D eigenvalue weighted by Gasteiger charge is 2.26. The normalized spacial score (nSPS) is 15.4. The first-order valence-corrected chi connectivity index (χ1v) is 10.6. The second-order valence-electron chi connectivity index (χ2n) is 8.31. The molecule has 2 heterocycles. The quantitative estimate of drug-likeness (QED) is 0.647. The number of hydrogen-bond donors (Lipinski definition) is 2. The lowest BCUT2D eigenvalue weighted by Crippen LogP contribution is -2.48. The molecule has 1 aliphatic heterocycles. The molecule has 29 heavy (non-hydrogen) atoms. The molecule has 0 fully saturated rings. The van der Waals surface area contributed by atoms with Gasteiger partial charge < -0.3 is 10.3 Å². The van der Waals surface area contributed by atoms with Crippen LogP contribution in [0.1, 0.15) is 37.2 Å². The predicted molar refractivity (Wildman–Crippen MR) is 117 cm³/mol. The largest absolute Gasteiger partial charge is 0.355 e. The number of carbonyl (C=O) groups is 1. The molecule has 0 aliphatic carbocycles. The van der Waals surface area contributed by atoms with Crippen molar-refractivity contribution < 1.29 is 4.79 Å². The van der Waals surface area contributed by atoms with Crippen molar-refractivity contribution in [3.63, 3.8) is 0 Å². The molecule has 3 aromatic rings. The van der Waals surface area contributed by atoms with Crippen LogP contribution in [0.25, 0.3) is 11.0 Å². The Morgan fingerprint density at radius 1 is 1.14 bits per heavy atom. The molecular formula is C24H30N4O. The lowest BCUT2D eigenvalue weighted by molar-refractivity contribution is -0.121. The minimum atomic E-state index is 0.0912. The van der Waals surface area contributed by atoms with E-state index in [4.69, 9.17) is 0 Å². The van der Waals surface area contributed by atoms with E-state index >= 15 is 0 Å². The number of rotatable bonds is 7. The van der Waals surface area contributed by atoms with Crippen LogP contribution < -0.4 is 5.32 Å². The number of carbonyl (C=O) groups excluding carboxylic acids is 1. The first-order valence-electron chi connectivity index (χ1n) is 10.6. The van der Waals surface area contributed by atoms with Crippen LogP contribution in [-0.4, -0.2) is 39.9 Å². The summed E-state index contributed by atoms with van der Waals surface area (Å²) in [6, 6.07) is 17.0. The number of aryl methyl sites for hydroxylation is 1. The number of aromatic amines is 1.